The number of amides is 1. The van der Waals surface area contributed by atoms with Crippen molar-refractivity contribution in [2.24, 2.45) is 0 Å². The number of hydrogen-bond acceptors (Lipinski definition) is 7. The maximum Gasteiger partial charge on any atom is 0.325 e. The van der Waals surface area contributed by atoms with E-state index in [0.717, 1.165) is 17.2 Å². The summed E-state index contributed by atoms with van der Waals surface area (Å²) in [7, 11) is -1.35. The molecule has 0 spiro atoms. The Hall–Kier alpha value is -2.62. The summed E-state index contributed by atoms with van der Waals surface area (Å²) in [5.41, 5.74) is 2.06. The van der Waals surface area contributed by atoms with E-state index in [0.29, 0.717) is 25.2 Å². The second kappa shape index (κ2) is 14.5. The van der Waals surface area contributed by atoms with Gasteiger partial charge in [0.2, 0.25) is 5.91 Å². The first-order valence-electron chi connectivity index (χ1n) is 13.3. The molecule has 2 unspecified atom stereocenters. The summed E-state index contributed by atoms with van der Waals surface area (Å²) in [5, 5.41) is 2.96. The predicted molar refractivity (Wildman–Crippen MR) is 155 cm³/mol. The standard InChI is InChI=1S/C29H40N2O5SSi/c1-5-35-29(34)24(17-16-22-12-8-6-9-13-22)30-25-21-37-28(23-14-10-7-11-15-23)31(27(25)33)20-26(32)36-18-19-38(2,3)4/h6-15,24-25,28,30H,5,16-21H2,1-4H3/t24?,25?,28-/m1/s1. The molecule has 1 N–H and O–H groups in total. The number of esters is 2. The van der Waals surface area contributed by atoms with Crippen molar-refractivity contribution in [1.82, 2.24) is 10.2 Å². The highest BCUT2D eigenvalue weighted by molar-refractivity contribution is 7.99. The van der Waals surface area contributed by atoms with Gasteiger partial charge in [-0.25, -0.2) is 0 Å². The summed E-state index contributed by atoms with van der Waals surface area (Å²) in [6.45, 7) is 8.95. The molecule has 0 radical (unpaired) electrons. The van der Waals surface area contributed by atoms with E-state index in [1.54, 1.807) is 23.6 Å². The van der Waals surface area contributed by atoms with E-state index >= 15 is 0 Å². The van der Waals surface area contributed by atoms with Crippen LogP contribution in [0.3, 0.4) is 0 Å². The largest absolute Gasteiger partial charge is 0.465 e. The Morgan fingerprint density at radius 3 is 2.34 bits per heavy atom. The Morgan fingerprint density at radius 2 is 1.71 bits per heavy atom. The summed E-state index contributed by atoms with van der Waals surface area (Å²) >= 11 is 1.58. The first-order valence-corrected chi connectivity index (χ1v) is 18.0. The van der Waals surface area contributed by atoms with Crippen LogP contribution in [0.4, 0.5) is 0 Å². The Kier molecular flexibility index (Phi) is 11.4. The lowest BCUT2D eigenvalue weighted by Gasteiger charge is -2.39. The first-order chi connectivity index (χ1) is 18.2. The molecule has 9 heteroatoms. The van der Waals surface area contributed by atoms with E-state index < -0.39 is 26.1 Å². The number of nitrogens with one attached hydrogen (secondary N) is 1. The summed E-state index contributed by atoms with van der Waals surface area (Å²) in [6, 6.07) is 19.2. The van der Waals surface area contributed by atoms with Crippen molar-refractivity contribution in [3.05, 3.63) is 71.8 Å². The van der Waals surface area contributed by atoms with Crippen molar-refractivity contribution in [2.75, 3.05) is 25.5 Å². The quantitative estimate of drug-likeness (QED) is 0.284. The number of benzene rings is 2. The molecule has 2 aromatic carbocycles. The molecule has 38 heavy (non-hydrogen) atoms. The molecule has 0 aliphatic carbocycles. The number of carbonyl (C=O) groups excluding carboxylic acids is 3. The second-order valence-electron chi connectivity index (χ2n) is 10.6. The molecule has 1 aliphatic rings. The maximum atomic E-state index is 13.8. The molecule has 2 aromatic rings. The van der Waals surface area contributed by atoms with Gasteiger partial charge in [0.05, 0.1) is 19.3 Å². The molecule has 1 saturated heterocycles. The number of aryl methyl sites for hydroxylation is 1. The highest BCUT2D eigenvalue weighted by atomic mass is 32.2. The lowest BCUT2D eigenvalue weighted by molar-refractivity contribution is -0.151. The first kappa shape index (κ1) is 29.9. The van der Waals surface area contributed by atoms with E-state index in [4.69, 9.17) is 9.47 Å². The van der Waals surface area contributed by atoms with Crippen LogP contribution in [0.15, 0.2) is 60.7 Å². The third-order valence-corrected chi connectivity index (χ3v) is 9.39. The van der Waals surface area contributed by atoms with Crippen LogP contribution >= 0.6 is 11.8 Å². The van der Waals surface area contributed by atoms with Crippen molar-refractivity contribution >= 4 is 37.7 Å². The van der Waals surface area contributed by atoms with Crippen LogP contribution in [0.5, 0.6) is 0 Å². The fourth-order valence-corrected chi connectivity index (χ4v) is 6.24. The van der Waals surface area contributed by atoms with Crippen molar-refractivity contribution < 1.29 is 23.9 Å². The van der Waals surface area contributed by atoms with Crippen LogP contribution in [0, 0.1) is 0 Å². The number of nitrogens with zero attached hydrogens (tertiary/aromatic N) is 1. The van der Waals surface area contributed by atoms with Gasteiger partial charge in [0.15, 0.2) is 0 Å². The van der Waals surface area contributed by atoms with Crippen LogP contribution in [-0.4, -0.2) is 68.4 Å². The molecule has 1 amide bonds. The zero-order chi connectivity index (χ0) is 27.5. The fraction of sp³-hybridized carbons (Fsp3) is 0.483. The Morgan fingerprint density at radius 1 is 1.05 bits per heavy atom. The summed E-state index contributed by atoms with van der Waals surface area (Å²) < 4.78 is 10.8. The van der Waals surface area contributed by atoms with E-state index in [-0.39, 0.29) is 30.4 Å². The highest BCUT2D eigenvalue weighted by Crippen LogP contribution is 2.37. The Bertz CT molecular complexity index is 1050. The van der Waals surface area contributed by atoms with Gasteiger partial charge in [0.1, 0.15) is 18.0 Å². The monoisotopic (exact) mass is 556 g/mol. The molecule has 7 nitrogen and oxygen atoms in total. The van der Waals surface area contributed by atoms with E-state index in [1.807, 2.05) is 60.7 Å². The average Bonchev–Trinajstić information content (AvgIpc) is 2.89. The SMILES string of the molecule is CCOC(=O)C(CCc1ccccc1)NC1CS[C@H](c2ccccc2)N(CC(=O)OCC[Si](C)(C)C)C1=O. The van der Waals surface area contributed by atoms with Gasteiger partial charge in [-0.05, 0) is 36.9 Å². The molecular weight excluding hydrogens is 516 g/mol. The zero-order valence-electron chi connectivity index (χ0n) is 22.9. The van der Waals surface area contributed by atoms with E-state index in [9.17, 15) is 14.4 Å². The zero-order valence-corrected chi connectivity index (χ0v) is 24.7. The molecule has 206 valence electrons. The van der Waals surface area contributed by atoms with Crippen molar-refractivity contribution in [3.8, 4) is 0 Å². The molecule has 0 bridgehead atoms. The molecular formula is C29H40N2O5SSi. The van der Waals surface area contributed by atoms with Gasteiger partial charge in [-0.15, -0.1) is 11.8 Å². The minimum atomic E-state index is -1.35. The normalized spacial score (nSPS) is 18.6. The minimum absolute atomic E-state index is 0.136. The molecule has 1 aliphatic heterocycles. The van der Waals surface area contributed by atoms with Crippen molar-refractivity contribution in [3.63, 3.8) is 0 Å². The summed E-state index contributed by atoms with van der Waals surface area (Å²) in [6.07, 6.45) is 1.17. The van der Waals surface area contributed by atoms with Crippen LogP contribution in [0.1, 0.15) is 29.8 Å². The third kappa shape index (κ3) is 9.29. The smallest absolute Gasteiger partial charge is 0.325 e. The molecule has 0 saturated carbocycles. The summed E-state index contributed by atoms with van der Waals surface area (Å²) in [4.78, 5) is 40.9. The van der Waals surface area contributed by atoms with E-state index in [2.05, 4.69) is 25.0 Å². The number of rotatable bonds is 13. The highest BCUT2D eigenvalue weighted by Gasteiger charge is 2.39. The number of carbonyl (C=O) groups is 3. The third-order valence-electron chi connectivity index (χ3n) is 6.32. The molecule has 1 fully saturated rings. The van der Waals surface area contributed by atoms with Gasteiger partial charge in [0, 0.05) is 13.8 Å². The van der Waals surface area contributed by atoms with Crippen LogP contribution in [-0.2, 0) is 30.3 Å². The molecule has 3 atom stereocenters. The fourth-order valence-electron chi connectivity index (χ4n) is 4.20. The van der Waals surface area contributed by atoms with E-state index in [1.165, 1.54) is 0 Å². The van der Waals surface area contributed by atoms with Gasteiger partial charge in [0.25, 0.3) is 0 Å². The minimum Gasteiger partial charge on any atom is -0.465 e. The Balaban J connectivity index is 1.73. The second-order valence-corrected chi connectivity index (χ2v) is 17.4. The van der Waals surface area contributed by atoms with Crippen molar-refractivity contribution in [1.29, 1.82) is 0 Å². The maximum absolute atomic E-state index is 13.8. The number of ether oxygens (including phenoxy) is 2. The summed E-state index contributed by atoms with van der Waals surface area (Å²) in [5.74, 6) is -0.525. The van der Waals surface area contributed by atoms with Gasteiger partial charge in [-0.2, -0.15) is 0 Å². The lowest BCUT2D eigenvalue weighted by Crippen LogP contribution is -2.57. The van der Waals surface area contributed by atoms with Gasteiger partial charge < -0.3 is 14.4 Å². The lowest BCUT2D eigenvalue weighted by atomic mass is 10.0. The number of thioether (sulfide) groups is 1. The molecule has 3 rings (SSSR count). The van der Waals surface area contributed by atoms with Crippen LogP contribution in [0.2, 0.25) is 25.7 Å². The Labute approximate surface area is 231 Å². The molecule has 1 heterocycles. The van der Waals surface area contributed by atoms with Gasteiger partial charge in [-0.1, -0.05) is 80.3 Å². The van der Waals surface area contributed by atoms with Gasteiger partial charge in [-0.3, -0.25) is 19.7 Å². The van der Waals surface area contributed by atoms with Crippen LogP contribution < -0.4 is 5.32 Å². The average molecular weight is 557 g/mol. The number of hydrogen-bond donors (Lipinski definition) is 1. The van der Waals surface area contributed by atoms with Crippen LogP contribution in [0.25, 0.3) is 0 Å². The van der Waals surface area contributed by atoms with Gasteiger partial charge >= 0.3 is 11.9 Å². The van der Waals surface area contributed by atoms with Crippen molar-refractivity contribution in [2.45, 2.75) is 62.9 Å². The predicted octanol–water partition coefficient (Wildman–Crippen LogP) is 4.66. The molecule has 0 aromatic heterocycles. The topological polar surface area (TPSA) is 84.9 Å².